The number of H-pyrrole nitrogens is 1. The number of hydrogen-bond acceptors (Lipinski definition) is 2. The molecule has 0 spiro atoms. The molecule has 1 aromatic heterocycles. The van der Waals surface area contributed by atoms with Gasteiger partial charge in [-0.1, -0.05) is 18.2 Å². The normalized spacial score (nSPS) is 12.3. The fourth-order valence-electron chi connectivity index (χ4n) is 2.16. The van der Waals surface area contributed by atoms with E-state index in [9.17, 15) is 9.59 Å². The van der Waals surface area contributed by atoms with Crippen LogP contribution in [-0.4, -0.2) is 34.8 Å². The second-order valence-electron chi connectivity index (χ2n) is 4.61. The predicted molar refractivity (Wildman–Crippen MR) is 73.4 cm³/mol. The Kier molecular flexibility index (Phi) is 3.55. The molecule has 2 rings (SSSR count). The minimum Gasteiger partial charge on any atom is -0.368 e. The highest BCUT2D eigenvalue weighted by Crippen LogP contribution is 2.20. The molecule has 100 valence electrons. The van der Waals surface area contributed by atoms with Crippen LogP contribution in [0, 0.1) is 0 Å². The summed E-state index contributed by atoms with van der Waals surface area (Å²) in [5.41, 5.74) is 7.38. The van der Waals surface area contributed by atoms with Gasteiger partial charge in [0, 0.05) is 37.5 Å². The number of fused-ring (bicyclic) bond motifs is 1. The largest absolute Gasteiger partial charge is 0.368 e. The topological polar surface area (TPSA) is 79.2 Å². The van der Waals surface area contributed by atoms with Crippen LogP contribution in [0.3, 0.4) is 0 Å². The highest BCUT2D eigenvalue weighted by molar-refractivity contribution is 5.88. The lowest BCUT2D eigenvalue weighted by Gasteiger charge is -2.24. The summed E-state index contributed by atoms with van der Waals surface area (Å²) in [6.45, 7) is 1.42. The van der Waals surface area contributed by atoms with Crippen molar-refractivity contribution in [1.82, 2.24) is 9.88 Å². The van der Waals surface area contributed by atoms with Crippen molar-refractivity contribution in [3.8, 4) is 0 Å². The minimum atomic E-state index is -0.628. The third-order valence-electron chi connectivity index (χ3n) is 3.38. The van der Waals surface area contributed by atoms with Crippen molar-refractivity contribution < 1.29 is 9.59 Å². The van der Waals surface area contributed by atoms with Gasteiger partial charge in [0.05, 0.1) is 0 Å². The molecule has 0 aliphatic heterocycles. The number of carbonyl (C=O) groups is 2. The fourth-order valence-corrected chi connectivity index (χ4v) is 2.16. The third kappa shape index (κ3) is 2.59. The summed E-state index contributed by atoms with van der Waals surface area (Å²) < 4.78 is 0. The van der Waals surface area contributed by atoms with E-state index in [4.69, 9.17) is 5.73 Å². The number of carbonyl (C=O) groups excluding carboxylic acids is 2. The number of para-hydroxylation sites is 1. The molecule has 2 amide bonds. The van der Waals surface area contributed by atoms with E-state index >= 15 is 0 Å². The molecule has 0 saturated carbocycles. The van der Waals surface area contributed by atoms with E-state index in [1.165, 1.54) is 11.8 Å². The first-order valence-corrected chi connectivity index (χ1v) is 6.08. The molecule has 19 heavy (non-hydrogen) atoms. The van der Waals surface area contributed by atoms with Gasteiger partial charge in [-0.25, -0.2) is 0 Å². The van der Waals surface area contributed by atoms with E-state index in [2.05, 4.69) is 4.98 Å². The van der Waals surface area contributed by atoms with E-state index in [-0.39, 0.29) is 5.91 Å². The van der Waals surface area contributed by atoms with Crippen LogP contribution in [0.25, 0.3) is 10.9 Å². The van der Waals surface area contributed by atoms with Crippen LogP contribution in [0.5, 0.6) is 0 Å². The maximum atomic E-state index is 11.5. The third-order valence-corrected chi connectivity index (χ3v) is 3.38. The molecule has 0 aliphatic rings. The van der Waals surface area contributed by atoms with Gasteiger partial charge in [0.15, 0.2) is 0 Å². The maximum absolute atomic E-state index is 11.5. The quantitative estimate of drug-likeness (QED) is 0.860. The van der Waals surface area contributed by atoms with Crippen LogP contribution < -0.4 is 5.73 Å². The van der Waals surface area contributed by atoms with Gasteiger partial charge in [-0.15, -0.1) is 0 Å². The van der Waals surface area contributed by atoms with Crippen LogP contribution in [0.1, 0.15) is 12.5 Å². The van der Waals surface area contributed by atoms with Crippen molar-refractivity contribution in [2.24, 2.45) is 5.73 Å². The zero-order valence-corrected chi connectivity index (χ0v) is 11.0. The lowest BCUT2D eigenvalue weighted by Crippen LogP contribution is -2.46. The number of benzene rings is 1. The number of primary amides is 1. The van der Waals surface area contributed by atoms with Gasteiger partial charge in [0.25, 0.3) is 0 Å². The van der Waals surface area contributed by atoms with Crippen molar-refractivity contribution >= 4 is 22.7 Å². The molecule has 2 aromatic rings. The summed E-state index contributed by atoms with van der Waals surface area (Å²) in [5, 5.41) is 1.05. The standard InChI is InChI=1S/C14H17N3O2/c1-9(18)17(2)13(14(15)19)7-10-8-16-12-6-4-3-5-11(10)12/h3-6,8,13,16H,7H2,1-2H3,(H2,15,19)/t13-/m1/s1. The number of aromatic amines is 1. The number of aromatic nitrogens is 1. The van der Waals surface area contributed by atoms with Gasteiger partial charge >= 0.3 is 0 Å². The van der Waals surface area contributed by atoms with Crippen molar-refractivity contribution in [3.63, 3.8) is 0 Å². The summed E-state index contributed by atoms with van der Waals surface area (Å²) in [4.78, 5) is 27.4. The summed E-state index contributed by atoms with van der Waals surface area (Å²) in [5.74, 6) is -0.674. The van der Waals surface area contributed by atoms with Crippen molar-refractivity contribution in [2.45, 2.75) is 19.4 Å². The van der Waals surface area contributed by atoms with Crippen LogP contribution in [0.2, 0.25) is 0 Å². The number of rotatable bonds is 4. The summed E-state index contributed by atoms with van der Waals surface area (Å²) >= 11 is 0. The van der Waals surface area contributed by atoms with Crippen LogP contribution in [0.15, 0.2) is 30.5 Å². The van der Waals surface area contributed by atoms with E-state index in [1.807, 2.05) is 30.5 Å². The first-order valence-electron chi connectivity index (χ1n) is 6.08. The lowest BCUT2D eigenvalue weighted by molar-refractivity contribution is -0.136. The van der Waals surface area contributed by atoms with Gasteiger partial charge in [0.1, 0.15) is 6.04 Å². The second-order valence-corrected chi connectivity index (χ2v) is 4.61. The van der Waals surface area contributed by atoms with E-state index in [1.54, 1.807) is 7.05 Å². The Morgan fingerprint density at radius 1 is 1.37 bits per heavy atom. The average Bonchev–Trinajstić information content (AvgIpc) is 2.78. The van der Waals surface area contributed by atoms with E-state index in [0.717, 1.165) is 16.5 Å². The smallest absolute Gasteiger partial charge is 0.240 e. The van der Waals surface area contributed by atoms with E-state index in [0.29, 0.717) is 6.42 Å². The van der Waals surface area contributed by atoms with Gasteiger partial charge in [-0.3, -0.25) is 9.59 Å². The molecule has 1 atom stereocenters. The Morgan fingerprint density at radius 2 is 2.05 bits per heavy atom. The fraction of sp³-hybridized carbons (Fsp3) is 0.286. The Hall–Kier alpha value is -2.30. The first-order chi connectivity index (χ1) is 9.00. The zero-order valence-electron chi connectivity index (χ0n) is 11.0. The Labute approximate surface area is 111 Å². The number of nitrogens with one attached hydrogen (secondary N) is 1. The lowest BCUT2D eigenvalue weighted by atomic mass is 10.0. The van der Waals surface area contributed by atoms with Gasteiger partial charge < -0.3 is 15.6 Å². The molecule has 5 nitrogen and oxygen atoms in total. The first kappa shape index (κ1) is 13.1. The van der Waals surface area contributed by atoms with Crippen molar-refractivity contribution in [1.29, 1.82) is 0 Å². The Bertz CT molecular complexity index is 618. The van der Waals surface area contributed by atoms with Crippen LogP contribution in [-0.2, 0) is 16.0 Å². The highest BCUT2D eigenvalue weighted by Gasteiger charge is 2.24. The zero-order chi connectivity index (χ0) is 14.0. The summed E-state index contributed by atoms with van der Waals surface area (Å²) in [6.07, 6.45) is 2.27. The molecule has 0 saturated heterocycles. The van der Waals surface area contributed by atoms with Crippen LogP contribution in [0.4, 0.5) is 0 Å². The summed E-state index contributed by atoms with van der Waals surface area (Å²) in [6, 6.07) is 7.19. The predicted octanol–water partition coefficient (Wildman–Crippen LogP) is 1.04. The van der Waals surface area contributed by atoms with Gasteiger partial charge in [0.2, 0.25) is 11.8 Å². The molecular formula is C14H17N3O2. The van der Waals surface area contributed by atoms with Crippen molar-refractivity contribution in [2.75, 3.05) is 7.05 Å². The molecule has 0 unspecified atom stereocenters. The molecule has 1 heterocycles. The number of amides is 2. The SMILES string of the molecule is CC(=O)N(C)[C@H](Cc1c[nH]c2ccccc12)C(N)=O. The number of nitrogens with zero attached hydrogens (tertiary/aromatic N) is 1. The number of likely N-dealkylation sites (N-methyl/N-ethyl adjacent to an activating group) is 1. The monoisotopic (exact) mass is 259 g/mol. The van der Waals surface area contributed by atoms with Crippen molar-refractivity contribution in [3.05, 3.63) is 36.0 Å². The maximum Gasteiger partial charge on any atom is 0.240 e. The molecule has 1 aromatic carbocycles. The number of hydrogen-bond donors (Lipinski definition) is 2. The minimum absolute atomic E-state index is 0.177. The Morgan fingerprint density at radius 3 is 2.68 bits per heavy atom. The molecule has 5 heteroatoms. The van der Waals surface area contributed by atoms with Gasteiger partial charge in [-0.05, 0) is 11.6 Å². The molecule has 0 bridgehead atoms. The van der Waals surface area contributed by atoms with Crippen LogP contribution >= 0.6 is 0 Å². The molecule has 3 N–H and O–H groups in total. The number of nitrogens with two attached hydrogens (primary N) is 1. The second kappa shape index (κ2) is 5.14. The highest BCUT2D eigenvalue weighted by atomic mass is 16.2. The van der Waals surface area contributed by atoms with Gasteiger partial charge in [-0.2, -0.15) is 0 Å². The Balaban J connectivity index is 2.31. The molecule has 0 aliphatic carbocycles. The molecular weight excluding hydrogens is 242 g/mol. The molecule has 0 fully saturated rings. The molecule has 0 radical (unpaired) electrons. The van der Waals surface area contributed by atoms with E-state index < -0.39 is 11.9 Å². The summed E-state index contributed by atoms with van der Waals surface area (Å²) in [7, 11) is 1.59. The average molecular weight is 259 g/mol.